The Morgan fingerprint density at radius 1 is 1.12 bits per heavy atom. The van der Waals surface area contributed by atoms with E-state index in [9.17, 15) is 9.59 Å². The highest BCUT2D eigenvalue weighted by atomic mass is 16.5. The van der Waals surface area contributed by atoms with Crippen LogP contribution in [0.15, 0.2) is 47.1 Å². The van der Waals surface area contributed by atoms with E-state index in [1.165, 1.54) is 30.9 Å². The first-order valence-electron chi connectivity index (χ1n) is 8.41. The van der Waals surface area contributed by atoms with Crippen molar-refractivity contribution in [2.75, 3.05) is 14.2 Å². The minimum absolute atomic E-state index is 0.262. The van der Waals surface area contributed by atoms with Crippen LogP contribution in [0.5, 0.6) is 0 Å². The third-order valence-corrected chi connectivity index (χ3v) is 5.26. The number of esters is 2. The molecular weight excluding hydrogens is 304 g/mol. The van der Waals surface area contributed by atoms with Crippen molar-refractivity contribution in [2.24, 2.45) is 11.3 Å². The van der Waals surface area contributed by atoms with Crippen LogP contribution in [-0.4, -0.2) is 26.2 Å². The SMILES string of the molecule is C=CC(=C1CC1)/C(=C1/CC(C(=O)OC)(C(=O)OC)CC1=C)C1CC1. The molecule has 0 heterocycles. The summed E-state index contributed by atoms with van der Waals surface area (Å²) in [5, 5.41) is 0. The van der Waals surface area contributed by atoms with Gasteiger partial charge >= 0.3 is 11.9 Å². The molecule has 0 unspecified atom stereocenters. The van der Waals surface area contributed by atoms with Crippen molar-refractivity contribution < 1.29 is 19.1 Å². The number of rotatable bonds is 5. The molecule has 3 aliphatic carbocycles. The summed E-state index contributed by atoms with van der Waals surface area (Å²) in [4.78, 5) is 24.8. The summed E-state index contributed by atoms with van der Waals surface area (Å²) in [6.45, 7) is 8.15. The quantitative estimate of drug-likeness (QED) is 0.571. The smallest absolute Gasteiger partial charge is 0.323 e. The van der Waals surface area contributed by atoms with Crippen LogP contribution in [0.2, 0.25) is 0 Å². The molecule has 0 bridgehead atoms. The van der Waals surface area contributed by atoms with E-state index < -0.39 is 17.4 Å². The van der Waals surface area contributed by atoms with Crippen LogP contribution >= 0.6 is 0 Å². The maximum Gasteiger partial charge on any atom is 0.323 e. The Bertz CT molecular complexity index is 666. The molecule has 0 aromatic heterocycles. The first-order chi connectivity index (χ1) is 11.5. The maximum atomic E-state index is 12.4. The molecule has 3 aliphatic rings. The molecule has 4 heteroatoms. The molecule has 128 valence electrons. The van der Waals surface area contributed by atoms with Gasteiger partial charge < -0.3 is 9.47 Å². The predicted molar refractivity (Wildman–Crippen MR) is 91.0 cm³/mol. The van der Waals surface area contributed by atoms with Gasteiger partial charge in [0.15, 0.2) is 5.41 Å². The van der Waals surface area contributed by atoms with Gasteiger partial charge in [-0.2, -0.15) is 0 Å². The molecule has 0 radical (unpaired) electrons. The Labute approximate surface area is 142 Å². The van der Waals surface area contributed by atoms with Gasteiger partial charge in [-0.1, -0.05) is 24.8 Å². The molecule has 0 aromatic carbocycles. The second kappa shape index (κ2) is 6.08. The van der Waals surface area contributed by atoms with Crippen LogP contribution < -0.4 is 0 Å². The number of methoxy groups -OCH3 is 2. The first-order valence-corrected chi connectivity index (χ1v) is 8.41. The molecule has 0 amide bonds. The molecule has 0 N–H and O–H groups in total. The molecule has 3 fully saturated rings. The lowest BCUT2D eigenvalue weighted by atomic mass is 9.84. The molecule has 0 aromatic rings. The number of carbonyl (C=O) groups is 2. The van der Waals surface area contributed by atoms with Gasteiger partial charge in [0.05, 0.1) is 14.2 Å². The monoisotopic (exact) mass is 328 g/mol. The van der Waals surface area contributed by atoms with E-state index in [-0.39, 0.29) is 6.42 Å². The maximum absolute atomic E-state index is 12.4. The average molecular weight is 328 g/mol. The van der Waals surface area contributed by atoms with Gasteiger partial charge in [-0.05, 0) is 60.3 Å². The number of hydrogen-bond donors (Lipinski definition) is 0. The highest BCUT2D eigenvalue weighted by Gasteiger charge is 2.54. The molecule has 0 spiro atoms. The lowest BCUT2D eigenvalue weighted by Crippen LogP contribution is -2.38. The number of allylic oxidation sites excluding steroid dienone is 6. The van der Waals surface area contributed by atoms with Crippen molar-refractivity contribution in [1.82, 2.24) is 0 Å². The minimum atomic E-state index is -1.30. The Morgan fingerprint density at radius 2 is 1.71 bits per heavy atom. The predicted octanol–water partition coefficient (Wildman–Crippen LogP) is 3.65. The lowest BCUT2D eigenvalue weighted by molar-refractivity contribution is -0.168. The first kappa shape index (κ1) is 16.7. The summed E-state index contributed by atoms with van der Waals surface area (Å²) in [6, 6.07) is 0. The standard InChI is InChI=1S/C20H24O4/c1-5-15(13-6-7-13)17(14-8-9-14)16-11-20(10-12(16)2,18(21)23-3)19(22)24-4/h5,14H,1-2,6-11H2,3-4H3/b17-16-. The molecule has 0 atom stereocenters. The zero-order valence-corrected chi connectivity index (χ0v) is 14.4. The van der Waals surface area contributed by atoms with Gasteiger partial charge in [-0.15, -0.1) is 0 Å². The zero-order valence-electron chi connectivity index (χ0n) is 14.4. The van der Waals surface area contributed by atoms with Crippen LogP contribution in [0.4, 0.5) is 0 Å². The van der Waals surface area contributed by atoms with Crippen molar-refractivity contribution in [3.05, 3.63) is 47.1 Å². The molecule has 0 aliphatic heterocycles. The second-order valence-electron chi connectivity index (χ2n) is 6.91. The van der Waals surface area contributed by atoms with Crippen LogP contribution in [0.1, 0.15) is 38.5 Å². The van der Waals surface area contributed by atoms with E-state index in [1.54, 1.807) is 0 Å². The molecular formula is C20H24O4. The zero-order chi connectivity index (χ0) is 17.5. The normalized spacial score (nSPS) is 23.6. The van der Waals surface area contributed by atoms with Gasteiger partial charge in [-0.25, -0.2) is 0 Å². The van der Waals surface area contributed by atoms with Gasteiger partial charge in [0, 0.05) is 6.42 Å². The Hall–Kier alpha value is -2.10. The number of ether oxygens (including phenoxy) is 2. The largest absolute Gasteiger partial charge is 0.468 e. The van der Waals surface area contributed by atoms with Crippen LogP contribution in [0.3, 0.4) is 0 Å². The fourth-order valence-corrected chi connectivity index (χ4v) is 3.79. The molecule has 24 heavy (non-hydrogen) atoms. The van der Waals surface area contributed by atoms with E-state index in [0.29, 0.717) is 12.3 Å². The highest BCUT2D eigenvalue weighted by Crippen LogP contribution is 2.54. The Kier molecular flexibility index (Phi) is 4.24. The summed E-state index contributed by atoms with van der Waals surface area (Å²) in [6.07, 6.45) is 6.99. The average Bonchev–Trinajstić information content (AvgIpc) is 3.48. The molecule has 4 nitrogen and oxygen atoms in total. The third kappa shape index (κ3) is 2.64. The Morgan fingerprint density at radius 3 is 2.12 bits per heavy atom. The van der Waals surface area contributed by atoms with Crippen molar-refractivity contribution in [2.45, 2.75) is 38.5 Å². The summed E-state index contributed by atoms with van der Waals surface area (Å²) in [5.41, 5.74) is 4.45. The Balaban J connectivity index is 2.09. The molecule has 0 saturated heterocycles. The van der Waals surface area contributed by atoms with Crippen molar-refractivity contribution in [3.8, 4) is 0 Å². The lowest BCUT2D eigenvalue weighted by Gasteiger charge is -2.22. The van der Waals surface area contributed by atoms with Crippen LogP contribution in [0, 0.1) is 11.3 Å². The summed E-state index contributed by atoms with van der Waals surface area (Å²) in [5.74, 6) is -0.594. The fraction of sp³-hybridized carbons (Fsp3) is 0.500. The van der Waals surface area contributed by atoms with Crippen LogP contribution in [-0.2, 0) is 19.1 Å². The summed E-state index contributed by atoms with van der Waals surface area (Å²) >= 11 is 0. The van der Waals surface area contributed by atoms with Crippen molar-refractivity contribution in [3.63, 3.8) is 0 Å². The van der Waals surface area contributed by atoms with E-state index >= 15 is 0 Å². The van der Waals surface area contributed by atoms with E-state index in [4.69, 9.17) is 9.47 Å². The van der Waals surface area contributed by atoms with E-state index in [0.717, 1.165) is 36.8 Å². The summed E-state index contributed by atoms with van der Waals surface area (Å²) < 4.78 is 9.85. The second-order valence-corrected chi connectivity index (χ2v) is 6.91. The van der Waals surface area contributed by atoms with Gasteiger partial charge in [0.1, 0.15) is 0 Å². The minimum Gasteiger partial charge on any atom is -0.468 e. The van der Waals surface area contributed by atoms with Crippen molar-refractivity contribution in [1.29, 1.82) is 0 Å². The summed E-state index contributed by atoms with van der Waals surface area (Å²) in [7, 11) is 2.61. The molecule has 3 rings (SSSR count). The van der Waals surface area contributed by atoms with Gasteiger partial charge in [0.2, 0.25) is 0 Å². The van der Waals surface area contributed by atoms with E-state index in [1.807, 2.05) is 6.08 Å². The van der Waals surface area contributed by atoms with Gasteiger partial charge in [-0.3, -0.25) is 9.59 Å². The van der Waals surface area contributed by atoms with Crippen molar-refractivity contribution >= 4 is 11.9 Å². The third-order valence-electron chi connectivity index (χ3n) is 5.26. The highest BCUT2D eigenvalue weighted by molar-refractivity contribution is 6.02. The van der Waals surface area contributed by atoms with Crippen LogP contribution in [0.25, 0.3) is 0 Å². The van der Waals surface area contributed by atoms with E-state index in [2.05, 4.69) is 13.2 Å². The fourth-order valence-electron chi connectivity index (χ4n) is 3.79. The van der Waals surface area contributed by atoms with Gasteiger partial charge in [0.25, 0.3) is 0 Å². The molecule has 3 saturated carbocycles. The number of carbonyl (C=O) groups excluding carboxylic acids is 2. The topological polar surface area (TPSA) is 52.6 Å². The number of hydrogen-bond acceptors (Lipinski definition) is 4.